The van der Waals surface area contributed by atoms with Crippen molar-refractivity contribution in [3.63, 3.8) is 0 Å². The Hall–Kier alpha value is -3.13. The van der Waals surface area contributed by atoms with Crippen LogP contribution in [-0.4, -0.2) is 17.0 Å². The predicted octanol–water partition coefficient (Wildman–Crippen LogP) is 5.85. The van der Waals surface area contributed by atoms with Crippen molar-refractivity contribution in [1.29, 1.82) is 0 Å². The van der Waals surface area contributed by atoms with Crippen molar-refractivity contribution >= 4 is 17.2 Å². The number of rotatable bonds is 8. The van der Waals surface area contributed by atoms with Crippen molar-refractivity contribution < 1.29 is 23.4 Å². The van der Waals surface area contributed by atoms with Gasteiger partial charge in [0.2, 0.25) is 11.0 Å². The number of nitrogens with zero attached hydrogens (tertiary/aromatic N) is 1. The van der Waals surface area contributed by atoms with Gasteiger partial charge in [-0.15, -0.1) is 0 Å². The molecule has 1 heterocycles. The van der Waals surface area contributed by atoms with Crippen molar-refractivity contribution in [3.05, 3.63) is 60.0 Å². The summed E-state index contributed by atoms with van der Waals surface area (Å²) >= 11 is 1.15. The van der Waals surface area contributed by atoms with E-state index in [2.05, 4.69) is 10.3 Å². The maximum absolute atomic E-state index is 14.2. The van der Waals surface area contributed by atoms with E-state index in [1.807, 2.05) is 32.9 Å². The Morgan fingerprint density at radius 1 is 1.07 bits per heavy atom. The fourth-order valence-electron chi connectivity index (χ4n) is 2.67. The SMILES string of the molecule is CC(=O)NC(C)c1ccc(Oc2cnc(Oc3ccc(OC(C)C)cc3F)s2)cc1. The molecule has 1 N–H and O–H groups in total. The van der Waals surface area contributed by atoms with Gasteiger partial charge in [-0.05, 0) is 61.9 Å². The van der Waals surface area contributed by atoms with Crippen LogP contribution in [0.25, 0.3) is 0 Å². The Kier molecular flexibility index (Phi) is 6.89. The molecule has 30 heavy (non-hydrogen) atoms. The van der Waals surface area contributed by atoms with E-state index in [1.54, 1.807) is 18.2 Å². The fourth-order valence-corrected chi connectivity index (χ4v) is 3.32. The Labute approximate surface area is 178 Å². The molecule has 3 rings (SSSR count). The van der Waals surface area contributed by atoms with Gasteiger partial charge < -0.3 is 19.5 Å². The molecule has 0 bridgehead atoms. The molecule has 2 aromatic carbocycles. The number of thiazole rings is 1. The normalized spacial score (nSPS) is 11.8. The van der Waals surface area contributed by atoms with Crippen LogP contribution < -0.4 is 19.5 Å². The third-order valence-corrected chi connectivity index (χ3v) is 4.71. The summed E-state index contributed by atoms with van der Waals surface area (Å²) in [7, 11) is 0. The van der Waals surface area contributed by atoms with Gasteiger partial charge in [0, 0.05) is 13.0 Å². The predicted molar refractivity (Wildman–Crippen MR) is 113 cm³/mol. The summed E-state index contributed by atoms with van der Waals surface area (Å²) in [6, 6.07) is 11.7. The average Bonchev–Trinajstić information content (AvgIpc) is 3.10. The van der Waals surface area contributed by atoms with Gasteiger partial charge in [0.15, 0.2) is 11.6 Å². The van der Waals surface area contributed by atoms with E-state index in [-0.39, 0.29) is 29.0 Å². The number of halogens is 1. The van der Waals surface area contributed by atoms with Crippen LogP contribution >= 0.6 is 11.3 Å². The lowest BCUT2D eigenvalue weighted by molar-refractivity contribution is -0.119. The molecule has 0 saturated heterocycles. The van der Waals surface area contributed by atoms with E-state index in [4.69, 9.17) is 14.2 Å². The van der Waals surface area contributed by atoms with Gasteiger partial charge >= 0.3 is 0 Å². The first-order chi connectivity index (χ1) is 14.3. The maximum Gasteiger partial charge on any atom is 0.282 e. The van der Waals surface area contributed by atoms with Crippen molar-refractivity contribution in [2.45, 2.75) is 39.8 Å². The number of benzene rings is 2. The van der Waals surface area contributed by atoms with Crippen molar-refractivity contribution in [2.24, 2.45) is 0 Å². The second-order valence-corrected chi connectivity index (χ2v) is 7.86. The van der Waals surface area contributed by atoms with Gasteiger partial charge in [-0.25, -0.2) is 9.37 Å². The molecule has 1 aromatic heterocycles. The van der Waals surface area contributed by atoms with E-state index in [1.165, 1.54) is 25.3 Å². The van der Waals surface area contributed by atoms with E-state index in [9.17, 15) is 9.18 Å². The molecule has 0 aliphatic rings. The van der Waals surface area contributed by atoms with E-state index in [0.29, 0.717) is 16.6 Å². The van der Waals surface area contributed by atoms with Crippen LogP contribution in [-0.2, 0) is 4.79 Å². The van der Waals surface area contributed by atoms with E-state index in [0.717, 1.165) is 16.9 Å². The molecule has 0 spiro atoms. The summed E-state index contributed by atoms with van der Waals surface area (Å²) in [6.07, 6.45) is 1.47. The van der Waals surface area contributed by atoms with Gasteiger partial charge in [0.05, 0.1) is 18.3 Å². The first-order valence-electron chi connectivity index (χ1n) is 9.45. The van der Waals surface area contributed by atoms with Crippen LogP contribution in [0, 0.1) is 5.82 Å². The zero-order chi connectivity index (χ0) is 21.7. The Morgan fingerprint density at radius 2 is 1.77 bits per heavy atom. The van der Waals surface area contributed by atoms with Gasteiger partial charge in [-0.1, -0.05) is 12.1 Å². The molecule has 1 amide bonds. The number of hydrogen-bond donors (Lipinski definition) is 1. The minimum atomic E-state index is -0.533. The summed E-state index contributed by atoms with van der Waals surface area (Å²) < 4.78 is 31.0. The molecule has 6 nitrogen and oxygen atoms in total. The number of carbonyl (C=O) groups is 1. The molecule has 1 unspecified atom stereocenters. The highest BCUT2D eigenvalue weighted by atomic mass is 32.1. The molecule has 0 aliphatic carbocycles. The third-order valence-electron chi connectivity index (χ3n) is 3.95. The molecule has 0 radical (unpaired) electrons. The van der Waals surface area contributed by atoms with Crippen LogP contribution in [0.15, 0.2) is 48.7 Å². The Balaban J connectivity index is 1.62. The Morgan fingerprint density at radius 3 is 2.40 bits per heavy atom. The fraction of sp³-hybridized carbons (Fsp3) is 0.273. The van der Waals surface area contributed by atoms with Crippen LogP contribution in [0.1, 0.15) is 39.3 Å². The van der Waals surface area contributed by atoms with Gasteiger partial charge in [-0.3, -0.25) is 4.79 Å². The first-order valence-corrected chi connectivity index (χ1v) is 10.3. The second kappa shape index (κ2) is 9.58. The number of carbonyl (C=O) groups excluding carboxylic acids is 1. The largest absolute Gasteiger partial charge is 0.491 e. The van der Waals surface area contributed by atoms with Crippen LogP contribution in [0.2, 0.25) is 0 Å². The maximum atomic E-state index is 14.2. The minimum absolute atomic E-state index is 0.0440. The lowest BCUT2D eigenvalue weighted by Gasteiger charge is -2.13. The second-order valence-electron chi connectivity index (χ2n) is 6.90. The number of nitrogens with one attached hydrogen (secondary N) is 1. The lowest BCUT2D eigenvalue weighted by atomic mass is 10.1. The third kappa shape index (κ3) is 5.93. The van der Waals surface area contributed by atoms with Gasteiger partial charge in [-0.2, -0.15) is 0 Å². The molecule has 158 valence electrons. The molecule has 0 aliphatic heterocycles. The monoisotopic (exact) mass is 430 g/mol. The summed E-state index contributed by atoms with van der Waals surface area (Å²) in [6.45, 7) is 7.13. The topological polar surface area (TPSA) is 69.7 Å². The molecule has 0 fully saturated rings. The molecule has 3 aromatic rings. The molecule has 8 heteroatoms. The van der Waals surface area contributed by atoms with Crippen LogP contribution in [0.3, 0.4) is 0 Å². The first kappa shape index (κ1) is 21.6. The quantitative estimate of drug-likeness (QED) is 0.485. The summed E-state index contributed by atoms with van der Waals surface area (Å²) in [4.78, 5) is 15.3. The average molecular weight is 431 g/mol. The van der Waals surface area contributed by atoms with E-state index < -0.39 is 5.82 Å². The van der Waals surface area contributed by atoms with E-state index >= 15 is 0 Å². The van der Waals surface area contributed by atoms with Crippen LogP contribution in [0.4, 0.5) is 4.39 Å². The molecular weight excluding hydrogens is 407 g/mol. The summed E-state index contributed by atoms with van der Waals surface area (Å²) in [5.41, 5.74) is 0.964. The van der Waals surface area contributed by atoms with Crippen molar-refractivity contribution in [3.8, 4) is 27.5 Å². The smallest absolute Gasteiger partial charge is 0.282 e. The summed E-state index contributed by atoms with van der Waals surface area (Å²) in [5.74, 6) is 0.496. The van der Waals surface area contributed by atoms with Gasteiger partial charge in [0.25, 0.3) is 5.19 Å². The number of aromatic nitrogens is 1. The zero-order valence-corrected chi connectivity index (χ0v) is 18.0. The molecular formula is C22H23FN2O4S. The van der Waals surface area contributed by atoms with Crippen molar-refractivity contribution in [1.82, 2.24) is 10.3 Å². The Bertz CT molecular complexity index is 1000. The highest BCUT2D eigenvalue weighted by molar-refractivity contribution is 7.15. The highest BCUT2D eigenvalue weighted by Crippen LogP contribution is 2.35. The zero-order valence-electron chi connectivity index (χ0n) is 17.1. The van der Waals surface area contributed by atoms with Gasteiger partial charge in [0.1, 0.15) is 11.5 Å². The number of ether oxygens (including phenoxy) is 3. The van der Waals surface area contributed by atoms with Crippen LogP contribution in [0.5, 0.6) is 27.5 Å². The number of hydrogen-bond acceptors (Lipinski definition) is 6. The lowest BCUT2D eigenvalue weighted by Crippen LogP contribution is -2.23. The highest BCUT2D eigenvalue weighted by Gasteiger charge is 2.12. The minimum Gasteiger partial charge on any atom is -0.491 e. The molecule has 0 saturated carbocycles. The standard InChI is InChI=1S/C22H23FN2O4S/c1-13(2)27-18-9-10-20(19(23)11-18)29-22-24-12-21(30-22)28-17-7-5-16(6-8-17)14(3)25-15(4)26/h5-14H,1-4H3,(H,25,26). The molecule has 1 atom stereocenters. The van der Waals surface area contributed by atoms with Crippen molar-refractivity contribution in [2.75, 3.05) is 0 Å². The number of amides is 1. The summed E-state index contributed by atoms with van der Waals surface area (Å²) in [5, 5.41) is 3.60.